The van der Waals surface area contributed by atoms with E-state index in [9.17, 15) is 9.90 Å². The smallest absolute Gasteiger partial charge is 0.184 e. The molecule has 3 nitrogen and oxygen atoms in total. The lowest BCUT2D eigenvalue weighted by Gasteiger charge is -2.06. The molecule has 18 heavy (non-hydrogen) atoms. The van der Waals surface area contributed by atoms with E-state index < -0.39 is 6.10 Å². The molecule has 0 unspecified atom stereocenters. The molecule has 0 radical (unpaired) electrons. The van der Waals surface area contributed by atoms with Gasteiger partial charge in [-0.05, 0) is 29.8 Å². The number of benzene rings is 1. The van der Waals surface area contributed by atoms with Crippen LogP contribution in [0.1, 0.15) is 11.3 Å². The molecule has 0 fully saturated rings. The monoisotopic (exact) mass is 242 g/mol. The molecule has 2 rings (SSSR count). The average Bonchev–Trinajstić information content (AvgIpc) is 2.90. The summed E-state index contributed by atoms with van der Waals surface area (Å²) in [6, 6.07) is 12.9. The van der Waals surface area contributed by atoms with E-state index in [-0.39, 0.29) is 5.78 Å². The van der Waals surface area contributed by atoms with E-state index in [1.54, 1.807) is 18.2 Å². The third-order valence-electron chi connectivity index (χ3n) is 2.56. The van der Waals surface area contributed by atoms with Crippen molar-refractivity contribution >= 4 is 11.9 Å². The van der Waals surface area contributed by atoms with E-state index in [1.807, 2.05) is 30.3 Å². The van der Waals surface area contributed by atoms with Crippen LogP contribution < -0.4 is 0 Å². The standard InChI is InChI=1S/C15H14O3/c16-14(9-8-13-7-4-10-18-13)15(17)11-12-5-2-1-3-6-12/h1-10,15,17H,11H2/b9-8+/t15-/m1/s1. The van der Waals surface area contributed by atoms with Crippen molar-refractivity contribution in [2.75, 3.05) is 0 Å². The highest BCUT2D eigenvalue weighted by Gasteiger charge is 2.12. The lowest BCUT2D eigenvalue weighted by atomic mass is 10.0. The molecule has 1 heterocycles. The van der Waals surface area contributed by atoms with Crippen LogP contribution in [0.3, 0.4) is 0 Å². The molecule has 0 saturated heterocycles. The summed E-state index contributed by atoms with van der Waals surface area (Å²) in [5, 5.41) is 9.77. The Morgan fingerprint density at radius 2 is 2.00 bits per heavy atom. The molecule has 0 saturated carbocycles. The molecule has 0 spiro atoms. The van der Waals surface area contributed by atoms with Gasteiger partial charge in [0.05, 0.1) is 6.26 Å². The maximum atomic E-state index is 11.7. The summed E-state index contributed by atoms with van der Waals surface area (Å²) in [6.45, 7) is 0. The van der Waals surface area contributed by atoms with Crippen molar-refractivity contribution in [2.45, 2.75) is 12.5 Å². The van der Waals surface area contributed by atoms with Gasteiger partial charge in [0, 0.05) is 6.42 Å². The SMILES string of the molecule is O=C(/C=C/c1ccco1)[C@H](O)Cc1ccccc1. The highest BCUT2D eigenvalue weighted by Crippen LogP contribution is 2.06. The molecule has 0 aliphatic rings. The predicted octanol–water partition coefficient (Wildman–Crippen LogP) is 2.47. The Hall–Kier alpha value is -2.13. The first-order chi connectivity index (χ1) is 8.75. The number of carbonyl (C=O) groups excluding carboxylic acids is 1. The topological polar surface area (TPSA) is 50.4 Å². The number of hydrogen-bond acceptors (Lipinski definition) is 3. The first-order valence-electron chi connectivity index (χ1n) is 5.73. The minimum atomic E-state index is -1.02. The van der Waals surface area contributed by atoms with Crippen LogP contribution in [-0.2, 0) is 11.2 Å². The fourth-order valence-electron chi connectivity index (χ4n) is 1.60. The van der Waals surface area contributed by atoms with Gasteiger partial charge in [-0.2, -0.15) is 0 Å². The summed E-state index contributed by atoms with van der Waals surface area (Å²) in [4.78, 5) is 11.7. The van der Waals surface area contributed by atoms with Gasteiger partial charge in [-0.1, -0.05) is 30.3 Å². The number of aliphatic hydroxyl groups is 1. The van der Waals surface area contributed by atoms with Crippen molar-refractivity contribution in [3.05, 3.63) is 66.1 Å². The average molecular weight is 242 g/mol. The van der Waals surface area contributed by atoms with E-state index in [2.05, 4.69) is 0 Å². The molecular formula is C15H14O3. The van der Waals surface area contributed by atoms with Crippen molar-refractivity contribution in [3.8, 4) is 0 Å². The number of rotatable bonds is 5. The van der Waals surface area contributed by atoms with Gasteiger partial charge in [-0.3, -0.25) is 4.79 Å². The minimum Gasteiger partial charge on any atom is -0.465 e. The lowest BCUT2D eigenvalue weighted by Crippen LogP contribution is -2.20. The van der Waals surface area contributed by atoms with Crippen LogP contribution >= 0.6 is 0 Å². The van der Waals surface area contributed by atoms with Gasteiger partial charge >= 0.3 is 0 Å². The summed E-state index contributed by atoms with van der Waals surface area (Å²) in [7, 11) is 0. The molecule has 1 aromatic carbocycles. The zero-order chi connectivity index (χ0) is 12.8. The Morgan fingerprint density at radius 1 is 1.22 bits per heavy atom. The molecule has 3 heteroatoms. The van der Waals surface area contributed by atoms with Crippen molar-refractivity contribution in [1.82, 2.24) is 0 Å². The second kappa shape index (κ2) is 5.98. The number of carbonyl (C=O) groups is 1. The quantitative estimate of drug-likeness (QED) is 0.819. The first kappa shape index (κ1) is 12.3. The molecule has 92 valence electrons. The third-order valence-corrected chi connectivity index (χ3v) is 2.56. The zero-order valence-electron chi connectivity index (χ0n) is 9.82. The number of aliphatic hydroxyl groups excluding tert-OH is 1. The Morgan fingerprint density at radius 3 is 2.67 bits per heavy atom. The van der Waals surface area contributed by atoms with E-state index >= 15 is 0 Å². The first-order valence-corrected chi connectivity index (χ1v) is 5.73. The van der Waals surface area contributed by atoms with Crippen LogP contribution in [0.2, 0.25) is 0 Å². The highest BCUT2D eigenvalue weighted by molar-refractivity contribution is 5.96. The van der Waals surface area contributed by atoms with E-state index in [1.165, 1.54) is 12.3 Å². The number of furan rings is 1. The van der Waals surface area contributed by atoms with Crippen molar-refractivity contribution in [3.63, 3.8) is 0 Å². The van der Waals surface area contributed by atoms with Gasteiger partial charge in [0.15, 0.2) is 5.78 Å². The van der Waals surface area contributed by atoms with Crippen LogP contribution in [0, 0.1) is 0 Å². The van der Waals surface area contributed by atoms with Crippen LogP contribution in [0.25, 0.3) is 6.08 Å². The Balaban J connectivity index is 1.93. The maximum Gasteiger partial charge on any atom is 0.184 e. The largest absolute Gasteiger partial charge is 0.465 e. The second-order valence-electron chi connectivity index (χ2n) is 3.96. The summed E-state index contributed by atoms with van der Waals surface area (Å²) in [5.41, 5.74) is 0.935. The molecule has 0 bridgehead atoms. The third kappa shape index (κ3) is 3.43. The van der Waals surface area contributed by atoms with E-state index in [0.717, 1.165) is 5.56 Å². The van der Waals surface area contributed by atoms with Crippen molar-refractivity contribution in [1.29, 1.82) is 0 Å². The van der Waals surface area contributed by atoms with Gasteiger partial charge in [-0.15, -0.1) is 0 Å². The Labute approximate surface area is 105 Å². The fourth-order valence-corrected chi connectivity index (χ4v) is 1.60. The van der Waals surface area contributed by atoms with Gasteiger partial charge < -0.3 is 9.52 Å². The van der Waals surface area contributed by atoms with E-state index in [0.29, 0.717) is 12.2 Å². The summed E-state index contributed by atoms with van der Waals surface area (Å²) >= 11 is 0. The second-order valence-corrected chi connectivity index (χ2v) is 3.96. The molecule has 1 atom stereocenters. The molecular weight excluding hydrogens is 228 g/mol. The Bertz CT molecular complexity index is 512. The van der Waals surface area contributed by atoms with Crippen LogP contribution in [-0.4, -0.2) is 17.0 Å². The molecule has 1 N–H and O–H groups in total. The minimum absolute atomic E-state index is 0.322. The highest BCUT2D eigenvalue weighted by atomic mass is 16.3. The molecule has 1 aromatic heterocycles. The summed E-state index contributed by atoms with van der Waals surface area (Å²) in [6.07, 6.45) is 3.73. The number of ketones is 1. The van der Waals surface area contributed by atoms with Crippen molar-refractivity contribution < 1.29 is 14.3 Å². The normalized spacial score (nSPS) is 12.7. The summed E-state index contributed by atoms with van der Waals surface area (Å²) < 4.78 is 5.06. The van der Waals surface area contributed by atoms with Gasteiger partial charge in [0.25, 0.3) is 0 Å². The molecule has 0 aliphatic heterocycles. The summed E-state index contributed by atoms with van der Waals surface area (Å²) in [5.74, 6) is 0.269. The van der Waals surface area contributed by atoms with E-state index in [4.69, 9.17) is 4.42 Å². The molecule has 2 aromatic rings. The molecule has 0 amide bonds. The van der Waals surface area contributed by atoms with Crippen LogP contribution in [0.4, 0.5) is 0 Å². The molecule has 0 aliphatic carbocycles. The predicted molar refractivity (Wildman–Crippen MR) is 68.9 cm³/mol. The van der Waals surface area contributed by atoms with Gasteiger partial charge in [0.1, 0.15) is 11.9 Å². The fraction of sp³-hybridized carbons (Fsp3) is 0.133. The Kier molecular flexibility index (Phi) is 4.10. The van der Waals surface area contributed by atoms with Crippen LogP contribution in [0.15, 0.2) is 59.2 Å². The maximum absolute atomic E-state index is 11.7. The van der Waals surface area contributed by atoms with Crippen LogP contribution in [0.5, 0.6) is 0 Å². The van der Waals surface area contributed by atoms with Gasteiger partial charge in [-0.25, -0.2) is 0 Å². The zero-order valence-corrected chi connectivity index (χ0v) is 9.82. The number of hydrogen-bond donors (Lipinski definition) is 1. The lowest BCUT2D eigenvalue weighted by molar-refractivity contribution is -0.122. The van der Waals surface area contributed by atoms with Crippen molar-refractivity contribution in [2.24, 2.45) is 0 Å². The van der Waals surface area contributed by atoms with Gasteiger partial charge in [0.2, 0.25) is 0 Å².